The number of amides is 1. The summed E-state index contributed by atoms with van der Waals surface area (Å²) in [6.07, 6.45) is 37.2. The standard InChI is InChI=1S/C41H75N2O7P/c1-6-8-10-12-14-15-16-17-21-25-29-33-40(45)39(37-50-51(47,48)49-36-35-43(3,4)5)42-41(46)34-30-26-22-19-18-20-24-28-32-38(44)31-27-23-13-11-9-7-2/h19-20,22-24,27-29,32-33,38-40,44-45H,6-18,21,25-26,30-31,34-37H2,1-5H3,(H-,42,46,47,48)/b22-19-,24-20-,27-23-,32-28+,33-29+/t38-,39-,40+/m0/s1. The minimum absolute atomic E-state index is 0.0250. The number of phosphoric acid groups is 1. The van der Waals surface area contributed by atoms with Crippen LogP contribution in [0.25, 0.3) is 0 Å². The first-order chi connectivity index (χ1) is 24.4. The molecule has 0 heterocycles. The Hall–Kier alpha value is -1.84. The third-order valence-electron chi connectivity index (χ3n) is 8.30. The van der Waals surface area contributed by atoms with E-state index in [9.17, 15) is 24.5 Å². The van der Waals surface area contributed by atoms with Gasteiger partial charge in [-0.25, -0.2) is 0 Å². The number of allylic oxidation sites excluding steroid dienone is 7. The second-order valence-corrected chi connectivity index (χ2v) is 15.9. The molecule has 0 aromatic carbocycles. The number of nitrogens with one attached hydrogen (secondary N) is 1. The van der Waals surface area contributed by atoms with Gasteiger partial charge in [0.1, 0.15) is 13.2 Å². The summed E-state index contributed by atoms with van der Waals surface area (Å²) in [5, 5.41) is 23.7. The fourth-order valence-corrected chi connectivity index (χ4v) is 5.77. The van der Waals surface area contributed by atoms with Crippen molar-refractivity contribution in [2.45, 2.75) is 154 Å². The summed E-state index contributed by atoms with van der Waals surface area (Å²) in [6, 6.07) is -0.935. The topological polar surface area (TPSA) is 128 Å². The van der Waals surface area contributed by atoms with Gasteiger partial charge in [-0.2, -0.15) is 0 Å². The van der Waals surface area contributed by atoms with E-state index in [1.165, 1.54) is 64.2 Å². The summed E-state index contributed by atoms with van der Waals surface area (Å²) in [5.74, 6) is -0.283. The Morgan fingerprint density at radius 1 is 0.745 bits per heavy atom. The van der Waals surface area contributed by atoms with E-state index in [4.69, 9.17) is 9.05 Å². The molecule has 51 heavy (non-hydrogen) atoms. The van der Waals surface area contributed by atoms with Crippen molar-refractivity contribution in [1.29, 1.82) is 0 Å². The van der Waals surface area contributed by atoms with Gasteiger partial charge in [-0.05, 0) is 51.4 Å². The lowest BCUT2D eigenvalue weighted by molar-refractivity contribution is -0.870. The van der Waals surface area contributed by atoms with E-state index in [1.54, 1.807) is 12.2 Å². The summed E-state index contributed by atoms with van der Waals surface area (Å²) < 4.78 is 23.0. The molecule has 0 bridgehead atoms. The summed E-state index contributed by atoms with van der Waals surface area (Å²) >= 11 is 0. The number of phosphoric ester groups is 1. The maximum atomic E-state index is 12.8. The van der Waals surface area contributed by atoms with Crippen LogP contribution in [-0.2, 0) is 18.4 Å². The van der Waals surface area contributed by atoms with Gasteiger partial charge in [0.05, 0.1) is 46.0 Å². The molecule has 0 saturated carbocycles. The fraction of sp³-hybridized carbons (Fsp3) is 0.732. The zero-order valence-electron chi connectivity index (χ0n) is 32.9. The van der Waals surface area contributed by atoms with Crippen LogP contribution in [0.1, 0.15) is 136 Å². The summed E-state index contributed by atoms with van der Waals surface area (Å²) in [4.78, 5) is 25.1. The van der Waals surface area contributed by atoms with Crippen molar-refractivity contribution in [3.8, 4) is 0 Å². The first kappa shape index (κ1) is 49.2. The molecule has 0 aliphatic carbocycles. The van der Waals surface area contributed by atoms with Crippen LogP contribution in [0.3, 0.4) is 0 Å². The van der Waals surface area contributed by atoms with Gasteiger partial charge in [-0.15, -0.1) is 0 Å². The zero-order valence-corrected chi connectivity index (χ0v) is 33.8. The number of nitrogens with zero attached hydrogens (tertiary/aromatic N) is 1. The molecule has 0 aliphatic heterocycles. The molecular weight excluding hydrogens is 663 g/mol. The van der Waals surface area contributed by atoms with Gasteiger partial charge in [-0.3, -0.25) is 9.36 Å². The van der Waals surface area contributed by atoms with Crippen LogP contribution in [0, 0.1) is 0 Å². The van der Waals surface area contributed by atoms with Gasteiger partial charge in [0.2, 0.25) is 5.91 Å². The van der Waals surface area contributed by atoms with Crippen molar-refractivity contribution in [3.63, 3.8) is 0 Å². The highest BCUT2D eigenvalue weighted by Gasteiger charge is 2.23. The Morgan fingerprint density at radius 3 is 2.02 bits per heavy atom. The van der Waals surface area contributed by atoms with Gasteiger partial charge < -0.3 is 34.0 Å². The number of hydrogen-bond donors (Lipinski definition) is 3. The number of aliphatic hydroxyl groups is 2. The van der Waals surface area contributed by atoms with Crippen LogP contribution in [0.5, 0.6) is 0 Å². The van der Waals surface area contributed by atoms with Crippen LogP contribution < -0.4 is 10.2 Å². The molecule has 0 radical (unpaired) electrons. The molecule has 0 fully saturated rings. The predicted molar refractivity (Wildman–Crippen MR) is 211 cm³/mol. The van der Waals surface area contributed by atoms with Crippen molar-refractivity contribution >= 4 is 13.7 Å². The van der Waals surface area contributed by atoms with Gasteiger partial charge in [0, 0.05) is 6.42 Å². The van der Waals surface area contributed by atoms with Gasteiger partial charge in [-0.1, -0.05) is 139 Å². The van der Waals surface area contributed by atoms with E-state index in [-0.39, 0.29) is 18.9 Å². The summed E-state index contributed by atoms with van der Waals surface area (Å²) in [6.45, 7) is 4.44. The first-order valence-corrected chi connectivity index (χ1v) is 21.2. The third kappa shape index (κ3) is 35.0. The number of carbonyl (C=O) groups is 1. The van der Waals surface area contributed by atoms with E-state index in [0.29, 0.717) is 30.3 Å². The largest absolute Gasteiger partial charge is 0.756 e. The number of likely N-dealkylation sites (N-methyl/N-ethyl adjacent to an activating group) is 1. The molecule has 0 aromatic rings. The highest BCUT2D eigenvalue weighted by molar-refractivity contribution is 7.45. The Balaban J connectivity index is 4.69. The lowest BCUT2D eigenvalue weighted by Gasteiger charge is -2.29. The van der Waals surface area contributed by atoms with Crippen molar-refractivity contribution < 1.29 is 38.0 Å². The number of carbonyl (C=O) groups excluding carboxylic acids is 1. The van der Waals surface area contributed by atoms with Crippen LogP contribution in [-0.4, -0.2) is 79.8 Å². The Morgan fingerprint density at radius 2 is 1.33 bits per heavy atom. The van der Waals surface area contributed by atoms with E-state index >= 15 is 0 Å². The van der Waals surface area contributed by atoms with E-state index < -0.39 is 32.7 Å². The number of hydrogen-bond acceptors (Lipinski definition) is 7. The highest BCUT2D eigenvalue weighted by atomic mass is 31.2. The minimum Gasteiger partial charge on any atom is -0.756 e. The van der Waals surface area contributed by atoms with Gasteiger partial charge >= 0.3 is 0 Å². The molecule has 0 spiro atoms. The SMILES string of the molecule is CCCCC/C=C\C[C@H](O)/C=C/C=C\C/C=C\CCCC(=O)N[C@@H](COP(=O)([O-])OCC[N+](C)(C)C)[C@H](O)/C=C/CCCCCCCCCCC. The molecule has 1 unspecified atom stereocenters. The van der Waals surface area contributed by atoms with Crippen molar-refractivity contribution in [3.05, 3.63) is 60.8 Å². The van der Waals surface area contributed by atoms with Gasteiger partial charge in [0.15, 0.2) is 0 Å². The monoisotopic (exact) mass is 739 g/mol. The quantitative estimate of drug-likeness (QED) is 0.0198. The van der Waals surface area contributed by atoms with Crippen molar-refractivity contribution in [1.82, 2.24) is 5.32 Å². The van der Waals surface area contributed by atoms with Crippen LogP contribution in [0.15, 0.2) is 60.8 Å². The van der Waals surface area contributed by atoms with E-state index in [2.05, 4.69) is 25.2 Å². The molecular formula is C41H75N2O7P. The van der Waals surface area contributed by atoms with Crippen LogP contribution >= 0.6 is 7.82 Å². The highest BCUT2D eigenvalue weighted by Crippen LogP contribution is 2.38. The average molecular weight is 739 g/mol. The Bertz CT molecular complexity index is 1040. The zero-order chi connectivity index (χ0) is 38.1. The smallest absolute Gasteiger partial charge is 0.268 e. The average Bonchev–Trinajstić information content (AvgIpc) is 3.07. The van der Waals surface area contributed by atoms with E-state index in [0.717, 1.165) is 32.1 Å². The van der Waals surface area contributed by atoms with E-state index in [1.807, 2.05) is 63.7 Å². The molecule has 0 aliphatic rings. The third-order valence-corrected chi connectivity index (χ3v) is 9.27. The second-order valence-electron chi connectivity index (χ2n) is 14.5. The molecule has 10 heteroatoms. The fourth-order valence-electron chi connectivity index (χ4n) is 5.05. The molecule has 4 atom stereocenters. The second kappa shape index (κ2) is 32.8. The molecule has 0 aromatic heterocycles. The lowest BCUT2D eigenvalue weighted by atomic mass is 10.1. The van der Waals surface area contributed by atoms with Crippen molar-refractivity contribution in [2.24, 2.45) is 0 Å². The lowest BCUT2D eigenvalue weighted by Crippen LogP contribution is -2.45. The van der Waals surface area contributed by atoms with Crippen LogP contribution in [0.2, 0.25) is 0 Å². The Labute approximate surface area is 312 Å². The molecule has 0 saturated heterocycles. The minimum atomic E-state index is -4.61. The molecule has 296 valence electrons. The molecule has 1 amide bonds. The maximum Gasteiger partial charge on any atom is 0.268 e. The van der Waals surface area contributed by atoms with Crippen LogP contribution in [0.4, 0.5) is 0 Å². The number of aliphatic hydroxyl groups excluding tert-OH is 2. The maximum absolute atomic E-state index is 12.8. The van der Waals surface area contributed by atoms with Gasteiger partial charge in [0.25, 0.3) is 7.82 Å². The summed E-state index contributed by atoms with van der Waals surface area (Å²) in [7, 11) is 1.18. The first-order valence-electron chi connectivity index (χ1n) is 19.8. The number of rotatable bonds is 34. The number of quaternary nitrogens is 1. The summed E-state index contributed by atoms with van der Waals surface area (Å²) in [5.41, 5.74) is 0. The molecule has 3 N–H and O–H groups in total. The Kier molecular flexibility index (Phi) is 31.6. The normalized spacial score (nSPS) is 15.8. The number of unbranched alkanes of at least 4 members (excludes halogenated alkanes) is 13. The van der Waals surface area contributed by atoms with Crippen molar-refractivity contribution in [2.75, 3.05) is 40.9 Å². The molecule has 0 rings (SSSR count). The predicted octanol–water partition coefficient (Wildman–Crippen LogP) is 8.63. The molecule has 9 nitrogen and oxygen atoms in total.